The van der Waals surface area contributed by atoms with E-state index in [9.17, 15) is 14.0 Å². The Kier molecular flexibility index (Phi) is 5.25. The molecule has 2 aromatic rings. The number of hydrogen-bond donors (Lipinski definition) is 1. The maximum absolute atomic E-state index is 13.3. The first-order valence-electron chi connectivity index (χ1n) is 9.39. The van der Waals surface area contributed by atoms with Crippen LogP contribution in [0.1, 0.15) is 12.0 Å². The summed E-state index contributed by atoms with van der Waals surface area (Å²) in [4.78, 5) is 28.8. The van der Waals surface area contributed by atoms with Gasteiger partial charge in [0.05, 0.1) is 12.1 Å². The highest BCUT2D eigenvalue weighted by Crippen LogP contribution is 2.29. The molecule has 2 aromatic carbocycles. The van der Waals surface area contributed by atoms with Crippen molar-refractivity contribution in [3.63, 3.8) is 0 Å². The zero-order valence-electron chi connectivity index (χ0n) is 15.4. The molecule has 0 aliphatic carbocycles. The number of anilines is 1. The van der Waals surface area contributed by atoms with E-state index < -0.39 is 6.10 Å². The van der Waals surface area contributed by atoms with Crippen LogP contribution in [0.15, 0.2) is 48.5 Å². The number of nitrogens with zero attached hydrogens (tertiary/aromatic N) is 2. The van der Waals surface area contributed by atoms with Crippen LogP contribution in [-0.4, -0.2) is 53.9 Å². The summed E-state index contributed by atoms with van der Waals surface area (Å²) in [5.41, 5.74) is 1.55. The molecule has 4 rings (SSSR count). The van der Waals surface area contributed by atoms with Crippen LogP contribution in [0.2, 0.25) is 0 Å². The summed E-state index contributed by atoms with van der Waals surface area (Å²) in [6.07, 6.45) is -0.794. The minimum Gasteiger partial charge on any atom is -0.478 e. The maximum Gasteiger partial charge on any atom is 0.266 e. The SMILES string of the molecule is O=C1Nc2ccccc2OC1CC(=O)N1CCN(Cc2cccc(F)c2)CC1. The first kappa shape index (κ1) is 18.4. The summed E-state index contributed by atoms with van der Waals surface area (Å²) in [5.74, 6) is -0.0415. The lowest BCUT2D eigenvalue weighted by atomic mass is 10.1. The number of carbonyl (C=O) groups is 2. The number of nitrogens with one attached hydrogen (secondary N) is 1. The minimum absolute atomic E-state index is 0.0179. The van der Waals surface area contributed by atoms with Gasteiger partial charge in [0.15, 0.2) is 6.10 Å². The Morgan fingerprint density at radius 3 is 2.68 bits per heavy atom. The van der Waals surface area contributed by atoms with Crippen molar-refractivity contribution in [2.24, 2.45) is 0 Å². The predicted octanol–water partition coefficient (Wildman–Crippen LogP) is 2.26. The molecule has 2 amide bonds. The molecule has 1 saturated heterocycles. The Balaban J connectivity index is 1.29. The Bertz CT molecular complexity index is 881. The molecule has 1 N–H and O–H groups in total. The normalized spacial score (nSPS) is 19.5. The third-order valence-electron chi connectivity index (χ3n) is 5.09. The van der Waals surface area contributed by atoms with Gasteiger partial charge in [0.25, 0.3) is 5.91 Å². The van der Waals surface area contributed by atoms with Crippen molar-refractivity contribution in [2.45, 2.75) is 19.1 Å². The lowest BCUT2D eigenvalue weighted by Gasteiger charge is -2.35. The van der Waals surface area contributed by atoms with Crippen LogP contribution in [0.25, 0.3) is 0 Å². The Morgan fingerprint density at radius 1 is 1.11 bits per heavy atom. The second-order valence-corrected chi connectivity index (χ2v) is 7.08. The summed E-state index contributed by atoms with van der Waals surface area (Å²) >= 11 is 0. The number of piperazine rings is 1. The molecule has 1 atom stereocenters. The fourth-order valence-corrected chi connectivity index (χ4v) is 3.56. The number of halogens is 1. The zero-order chi connectivity index (χ0) is 19.5. The molecule has 0 aromatic heterocycles. The summed E-state index contributed by atoms with van der Waals surface area (Å²) in [6, 6.07) is 13.8. The van der Waals surface area contributed by atoms with Crippen LogP contribution in [0, 0.1) is 5.82 Å². The number of hydrogen-bond acceptors (Lipinski definition) is 4. The Hall–Kier alpha value is -2.93. The standard InChI is InChI=1S/C21H22FN3O3/c22-16-5-3-4-15(12-16)14-24-8-10-25(11-9-24)20(26)13-19-21(27)23-17-6-1-2-7-18(17)28-19/h1-7,12,19H,8-11,13-14H2,(H,23,27). The maximum atomic E-state index is 13.3. The summed E-state index contributed by atoms with van der Waals surface area (Å²) in [6.45, 7) is 3.24. The number of amides is 2. The van der Waals surface area contributed by atoms with E-state index in [0.717, 1.165) is 5.56 Å². The van der Waals surface area contributed by atoms with Gasteiger partial charge in [0, 0.05) is 32.7 Å². The number of para-hydroxylation sites is 2. The molecule has 146 valence electrons. The van der Waals surface area contributed by atoms with E-state index in [4.69, 9.17) is 4.74 Å². The van der Waals surface area contributed by atoms with Crippen molar-refractivity contribution in [1.29, 1.82) is 0 Å². The van der Waals surface area contributed by atoms with Gasteiger partial charge in [-0.25, -0.2) is 4.39 Å². The van der Waals surface area contributed by atoms with E-state index in [1.807, 2.05) is 18.2 Å². The van der Waals surface area contributed by atoms with E-state index >= 15 is 0 Å². The van der Waals surface area contributed by atoms with Crippen molar-refractivity contribution in [2.75, 3.05) is 31.5 Å². The molecule has 0 radical (unpaired) electrons. The molecule has 7 heteroatoms. The number of benzene rings is 2. The van der Waals surface area contributed by atoms with Crippen LogP contribution in [-0.2, 0) is 16.1 Å². The molecule has 2 heterocycles. The van der Waals surface area contributed by atoms with Crippen LogP contribution in [0.4, 0.5) is 10.1 Å². The molecule has 1 unspecified atom stereocenters. The van der Waals surface area contributed by atoms with Gasteiger partial charge in [0.2, 0.25) is 5.91 Å². The van der Waals surface area contributed by atoms with Crippen LogP contribution < -0.4 is 10.1 Å². The van der Waals surface area contributed by atoms with Gasteiger partial charge < -0.3 is 15.0 Å². The molecule has 1 fully saturated rings. The van der Waals surface area contributed by atoms with Gasteiger partial charge in [-0.1, -0.05) is 24.3 Å². The largest absolute Gasteiger partial charge is 0.478 e. The highest BCUT2D eigenvalue weighted by Gasteiger charge is 2.32. The molecular weight excluding hydrogens is 361 g/mol. The summed E-state index contributed by atoms with van der Waals surface area (Å²) < 4.78 is 19.0. The predicted molar refractivity (Wildman–Crippen MR) is 102 cm³/mol. The third-order valence-corrected chi connectivity index (χ3v) is 5.09. The molecule has 2 aliphatic rings. The highest BCUT2D eigenvalue weighted by atomic mass is 19.1. The average molecular weight is 383 g/mol. The van der Waals surface area contributed by atoms with Gasteiger partial charge in [-0.2, -0.15) is 0 Å². The van der Waals surface area contributed by atoms with E-state index in [1.54, 1.807) is 23.1 Å². The summed E-state index contributed by atoms with van der Waals surface area (Å²) in [5, 5.41) is 2.78. The quantitative estimate of drug-likeness (QED) is 0.880. The van der Waals surface area contributed by atoms with Crippen LogP contribution >= 0.6 is 0 Å². The van der Waals surface area contributed by atoms with E-state index in [1.165, 1.54) is 12.1 Å². The van der Waals surface area contributed by atoms with Gasteiger partial charge in [-0.15, -0.1) is 0 Å². The number of carbonyl (C=O) groups excluding carboxylic acids is 2. The van der Waals surface area contributed by atoms with Gasteiger partial charge in [0.1, 0.15) is 11.6 Å². The average Bonchev–Trinajstić information content (AvgIpc) is 2.69. The molecular formula is C21H22FN3O3. The summed E-state index contributed by atoms with van der Waals surface area (Å²) in [7, 11) is 0. The van der Waals surface area contributed by atoms with Crippen molar-refractivity contribution in [3.05, 3.63) is 59.9 Å². The van der Waals surface area contributed by atoms with Gasteiger partial charge >= 0.3 is 0 Å². The molecule has 6 nitrogen and oxygen atoms in total. The number of rotatable bonds is 4. The third kappa shape index (κ3) is 4.14. The zero-order valence-corrected chi connectivity index (χ0v) is 15.4. The second-order valence-electron chi connectivity index (χ2n) is 7.08. The van der Waals surface area contributed by atoms with Crippen molar-refractivity contribution >= 4 is 17.5 Å². The van der Waals surface area contributed by atoms with Gasteiger partial charge in [-0.3, -0.25) is 14.5 Å². The molecule has 28 heavy (non-hydrogen) atoms. The lowest BCUT2D eigenvalue weighted by molar-refractivity contribution is -0.138. The second kappa shape index (κ2) is 7.98. The monoisotopic (exact) mass is 383 g/mol. The number of fused-ring (bicyclic) bond motifs is 1. The Labute approximate surface area is 162 Å². The van der Waals surface area contributed by atoms with Crippen molar-refractivity contribution < 1.29 is 18.7 Å². The highest BCUT2D eigenvalue weighted by molar-refractivity contribution is 5.99. The minimum atomic E-state index is -0.812. The first-order chi connectivity index (χ1) is 13.6. The van der Waals surface area contributed by atoms with Gasteiger partial charge in [-0.05, 0) is 29.8 Å². The lowest BCUT2D eigenvalue weighted by Crippen LogP contribution is -2.50. The van der Waals surface area contributed by atoms with E-state index in [-0.39, 0.29) is 24.1 Å². The smallest absolute Gasteiger partial charge is 0.266 e. The van der Waals surface area contributed by atoms with Crippen molar-refractivity contribution in [1.82, 2.24) is 9.80 Å². The first-order valence-corrected chi connectivity index (χ1v) is 9.39. The van der Waals surface area contributed by atoms with Crippen LogP contribution in [0.5, 0.6) is 5.75 Å². The molecule has 2 aliphatic heterocycles. The number of ether oxygens (including phenoxy) is 1. The van der Waals surface area contributed by atoms with Crippen molar-refractivity contribution in [3.8, 4) is 5.75 Å². The molecule has 0 saturated carbocycles. The fourth-order valence-electron chi connectivity index (χ4n) is 3.56. The molecule has 0 bridgehead atoms. The molecule has 0 spiro atoms. The Morgan fingerprint density at radius 2 is 1.89 bits per heavy atom. The van der Waals surface area contributed by atoms with Crippen LogP contribution in [0.3, 0.4) is 0 Å². The fraction of sp³-hybridized carbons (Fsp3) is 0.333. The van der Waals surface area contributed by atoms with E-state index in [2.05, 4.69) is 10.2 Å². The topological polar surface area (TPSA) is 61.9 Å². The van der Waals surface area contributed by atoms with E-state index in [0.29, 0.717) is 44.2 Å².